The molecule has 0 unspecified atom stereocenters. The average Bonchev–Trinajstić information content (AvgIpc) is 3.19. The molecular formula is C21H19N3O. The number of ether oxygens (including phenoxy) is 1. The molecule has 2 heterocycles. The summed E-state index contributed by atoms with van der Waals surface area (Å²) >= 11 is 0. The fourth-order valence-corrected chi connectivity index (χ4v) is 3.06. The lowest BCUT2D eigenvalue weighted by atomic mass is 9.97. The summed E-state index contributed by atoms with van der Waals surface area (Å²) in [6.07, 6.45) is 3.94. The molecule has 1 aromatic heterocycles. The van der Waals surface area contributed by atoms with Crippen molar-refractivity contribution < 1.29 is 4.74 Å². The van der Waals surface area contributed by atoms with Crippen molar-refractivity contribution in [3.8, 4) is 5.75 Å². The number of methoxy groups -OCH3 is 1. The van der Waals surface area contributed by atoms with Crippen molar-refractivity contribution in [1.29, 1.82) is 0 Å². The van der Waals surface area contributed by atoms with E-state index in [1.165, 1.54) is 5.39 Å². The second-order valence-electron chi connectivity index (χ2n) is 5.86. The monoisotopic (exact) mass is 329 g/mol. The fraction of sp³-hybridized carbons (Fsp3) is 0.143. The molecule has 0 saturated heterocycles. The van der Waals surface area contributed by atoms with Gasteiger partial charge in [0, 0.05) is 23.7 Å². The van der Waals surface area contributed by atoms with Gasteiger partial charge in [0.15, 0.2) is 0 Å². The Bertz CT molecular complexity index is 970. The van der Waals surface area contributed by atoms with E-state index in [2.05, 4.69) is 39.6 Å². The number of nitrogens with zero attached hydrogens (tertiary/aromatic N) is 2. The van der Waals surface area contributed by atoms with Crippen LogP contribution in [0.25, 0.3) is 16.3 Å². The summed E-state index contributed by atoms with van der Waals surface area (Å²) in [7, 11) is 1.68. The summed E-state index contributed by atoms with van der Waals surface area (Å²) in [5.74, 6) is 1.72. The van der Waals surface area contributed by atoms with Crippen molar-refractivity contribution in [2.24, 2.45) is 4.99 Å². The van der Waals surface area contributed by atoms with Crippen LogP contribution in [0.1, 0.15) is 11.3 Å². The first-order valence-corrected chi connectivity index (χ1v) is 8.34. The zero-order chi connectivity index (χ0) is 17.1. The van der Waals surface area contributed by atoms with Gasteiger partial charge in [-0.15, -0.1) is 0 Å². The van der Waals surface area contributed by atoms with Crippen LogP contribution in [0.15, 0.2) is 71.9 Å². The topological polar surface area (TPSA) is 46.5 Å². The molecule has 1 aliphatic rings. The molecule has 1 aliphatic heterocycles. The predicted molar refractivity (Wildman–Crippen MR) is 102 cm³/mol. The predicted octanol–water partition coefficient (Wildman–Crippen LogP) is 3.68. The first kappa shape index (κ1) is 15.4. The highest BCUT2D eigenvalue weighted by atomic mass is 16.5. The summed E-state index contributed by atoms with van der Waals surface area (Å²) in [6, 6.07) is 18.4. The minimum absolute atomic E-state index is 0.806. The summed E-state index contributed by atoms with van der Waals surface area (Å²) in [4.78, 5) is 9.21. The Balaban J connectivity index is 1.93. The SMILES string of the molecule is COc1cccc(C(=CC2=NCCN2)c2nccc3ccccc23)c1. The lowest BCUT2D eigenvalue weighted by Crippen LogP contribution is -2.16. The number of aromatic nitrogens is 1. The molecule has 4 heteroatoms. The van der Waals surface area contributed by atoms with Gasteiger partial charge >= 0.3 is 0 Å². The maximum Gasteiger partial charge on any atom is 0.121 e. The molecule has 0 bridgehead atoms. The molecule has 124 valence electrons. The second kappa shape index (κ2) is 6.77. The molecule has 0 saturated carbocycles. The maximum absolute atomic E-state index is 5.40. The second-order valence-corrected chi connectivity index (χ2v) is 5.86. The largest absolute Gasteiger partial charge is 0.497 e. The van der Waals surface area contributed by atoms with Gasteiger partial charge in [-0.1, -0.05) is 36.4 Å². The number of fused-ring (bicyclic) bond motifs is 1. The van der Waals surface area contributed by atoms with Crippen LogP contribution in [0.4, 0.5) is 0 Å². The van der Waals surface area contributed by atoms with Crippen molar-refractivity contribution in [3.63, 3.8) is 0 Å². The third-order valence-electron chi connectivity index (χ3n) is 4.29. The molecule has 0 aliphatic carbocycles. The van der Waals surface area contributed by atoms with Gasteiger partial charge in [-0.05, 0) is 35.2 Å². The number of hydrogen-bond acceptors (Lipinski definition) is 4. The Morgan fingerprint density at radius 1 is 1.12 bits per heavy atom. The Morgan fingerprint density at radius 2 is 2.04 bits per heavy atom. The van der Waals surface area contributed by atoms with E-state index in [1.54, 1.807) is 7.11 Å². The molecule has 0 atom stereocenters. The van der Waals surface area contributed by atoms with Crippen LogP contribution in [0.5, 0.6) is 5.75 Å². The van der Waals surface area contributed by atoms with Crippen molar-refractivity contribution in [2.45, 2.75) is 0 Å². The van der Waals surface area contributed by atoms with Crippen LogP contribution < -0.4 is 10.1 Å². The van der Waals surface area contributed by atoms with Gasteiger partial charge in [-0.2, -0.15) is 0 Å². The molecule has 3 aromatic rings. The molecule has 4 nitrogen and oxygen atoms in total. The molecule has 0 fully saturated rings. The van der Waals surface area contributed by atoms with E-state index in [1.807, 2.05) is 42.6 Å². The fourth-order valence-electron chi connectivity index (χ4n) is 3.06. The Morgan fingerprint density at radius 3 is 2.88 bits per heavy atom. The van der Waals surface area contributed by atoms with E-state index in [0.29, 0.717) is 0 Å². The van der Waals surface area contributed by atoms with Crippen molar-refractivity contribution in [1.82, 2.24) is 10.3 Å². The smallest absolute Gasteiger partial charge is 0.121 e. The van der Waals surface area contributed by atoms with Crippen molar-refractivity contribution >= 4 is 22.2 Å². The summed E-state index contributed by atoms with van der Waals surface area (Å²) < 4.78 is 5.40. The molecule has 4 rings (SSSR count). The highest BCUT2D eigenvalue weighted by molar-refractivity contribution is 6.06. The van der Waals surface area contributed by atoms with E-state index in [4.69, 9.17) is 4.74 Å². The van der Waals surface area contributed by atoms with Crippen LogP contribution in [0.2, 0.25) is 0 Å². The van der Waals surface area contributed by atoms with Gasteiger partial charge in [-0.25, -0.2) is 0 Å². The molecule has 0 spiro atoms. The minimum Gasteiger partial charge on any atom is -0.497 e. The first-order chi connectivity index (χ1) is 12.3. The van der Waals surface area contributed by atoms with Gasteiger partial charge in [0.05, 0.1) is 19.3 Å². The Kier molecular flexibility index (Phi) is 4.17. The Hall–Kier alpha value is -3.14. The lowest BCUT2D eigenvalue weighted by molar-refractivity contribution is 0.414. The summed E-state index contributed by atoms with van der Waals surface area (Å²) in [5.41, 5.74) is 3.03. The van der Waals surface area contributed by atoms with Gasteiger partial charge in [0.25, 0.3) is 0 Å². The molecular weight excluding hydrogens is 310 g/mol. The number of pyridine rings is 1. The lowest BCUT2D eigenvalue weighted by Gasteiger charge is -2.12. The third-order valence-corrected chi connectivity index (χ3v) is 4.29. The quantitative estimate of drug-likeness (QED) is 0.794. The molecule has 2 aromatic carbocycles. The van der Waals surface area contributed by atoms with E-state index in [9.17, 15) is 0 Å². The van der Waals surface area contributed by atoms with Crippen LogP contribution in [-0.4, -0.2) is 31.0 Å². The molecule has 1 N–H and O–H groups in total. The zero-order valence-electron chi connectivity index (χ0n) is 14.1. The maximum atomic E-state index is 5.40. The number of amidine groups is 1. The standard InChI is InChI=1S/C21H19N3O/c1-25-17-7-4-6-16(13-17)19(14-20-22-11-12-23-20)21-18-8-3-2-5-15(18)9-10-24-21/h2-10,13-14H,11-12H2,1H3,(H,22,23). The van der Waals surface area contributed by atoms with Crippen molar-refractivity contribution in [3.05, 3.63) is 78.1 Å². The van der Waals surface area contributed by atoms with Gasteiger partial charge in [0.1, 0.15) is 11.6 Å². The van der Waals surface area contributed by atoms with Crippen LogP contribution in [0, 0.1) is 0 Å². The molecule has 25 heavy (non-hydrogen) atoms. The third kappa shape index (κ3) is 3.11. The Labute approximate surface area is 146 Å². The normalized spacial score (nSPS) is 14.3. The number of rotatable bonds is 4. The number of nitrogens with one attached hydrogen (secondary N) is 1. The zero-order valence-corrected chi connectivity index (χ0v) is 14.1. The van der Waals surface area contributed by atoms with E-state index in [0.717, 1.165) is 46.9 Å². The van der Waals surface area contributed by atoms with E-state index < -0.39 is 0 Å². The van der Waals surface area contributed by atoms with E-state index >= 15 is 0 Å². The number of aliphatic imine (C=N–C) groups is 1. The van der Waals surface area contributed by atoms with Crippen LogP contribution >= 0.6 is 0 Å². The summed E-state index contributed by atoms with van der Waals surface area (Å²) in [5, 5.41) is 5.61. The van der Waals surface area contributed by atoms with Gasteiger partial charge in [-0.3, -0.25) is 9.98 Å². The van der Waals surface area contributed by atoms with Gasteiger partial charge in [0.2, 0.25) is 0 Å². The number of benzene rings is 2. The van der Waals surface area contributed by atoms with Crippen LogP contribution in [0.3, 0.4) is 0 Å². The minimum atomic E-state index is 0.806. The molecule has 0 amide bonds. The number of hydrogen-bond donors (Lipinski definition) is 1. The average molecular weight is 329 g/mol. The highest BCUT2D eigenvalue weighted by Crippen LogP contribution is 2.30. The molecule has 0 radical (unpaired) electrons. The van der Waals surface area contributed by atoms with Crippen molar-refractivity contribution in [2.75, 3.05) is 20.2 Å². The van der Waals surface area contributed by atoms with Gasteiger partial charge < -0.3 is 10.1 Å². The first-order valence-electron chi connectivity index (χ1n) is 8.34. The van der Waals surface area contributed by atoms with E-state index in [-0.39, 0.29) is 0 Å². The highest BCUT2D eigenvalue weighted by Gasteiger charge is 2.14. The van der Waals surface area contributed by atoms with Crippen LogP contribution in [-0.2, 0) is 0 Å². The summed E-state index contributed by atoms with van der Waals surface area (Å²) in [6.45, 7) is 1.68.